The maximum atomic E-state index is 12.6. The fourth-order valence-corrected chi connectivity index (χ4v) is 5.10. The molecule has 1 heterocycles. The van der Waals surface area contributed by atoms with Crippen LogP contribution < -0.4 is 10.6 Å². The Morgan fingerprint density at radius 3 is 2.49 bits per heavy atom. The highest BCUT2D eigenvalue weighted by atomic mass is 16.6. The third kappa shape index (κ3) is 6.18. The minimum Gasteiger partial charge on any atom is -0.384 e. The Morgan fingerprint density at radius 1 is 1.00 bits per heavy atom. The van der Waals surface area contributed by atoms with E-state index in [1.165, 1.54) is 41.2 Å². The number of nitrogens with one attached hydrogen (secondary N) is 2. The Balaban J connectivity index is 1.29. The van der Waals surface area contributed by atoms with Crippen molar-refractivity contribution in [1.29, 1.82) is 0 Å². The van der Waals surface area contributed by atoms with E-state index in [2.05, 4.69) is 28.8 Å². The van der Waals surface area contributed by atoms with Gasteiger partial charge >= 0.3 is 0 Å². The van der Waals surface area contributed by atoms with Crippen LogP contribution in [-0.2, 0) is 12.8 Å². The summed E-state index contributed by atoms with van der Waals surface area (Å²) in [6.07, 6.45) is 7.45. The van der Waals surface area contributed by atoms with E-state index >= 15 is 0 Å². The molecule has 8 heteroatoms. The number of nitro benzene ring substituents is 1. The van der Waals surface area contributed by atoms with Crippen LogP contribution in [-0.4, -0.2) is 46.9 Å². The Morgan fingerprint density at radius 2 is 1.73 bits per heavy atom. The van der Waals surface area contributed by atoms with Crippen LogP contribution in [0.1, 0.15) is 67.6 Å². The minimum atomic E-state index is -0.426. The molecule has 2 N–H and O–H groups in total. The molecule has 1 aromatic heterocycles. The van der Waals surface area contributed by atoms with Gasteiger partial charge in [-0.25, -0.2) is 0 Å². The first-order valence-corrected chi connectivity index (χ1v) is 13.5. The summed E-state index contributed by atoms with van der Waals surface area (Å²) in [5.41, 5.74) is 5.65. The van der Waals surface area contributed by atoms with E-state index in [0.29, 0.717) is 30.9 Å². The van der Waals surface area contributed by atoms with Crippen molar-refractivity contribution in [3.63, 3.8) is 0 Å². The lowest BCUT2D eigenvalue weighted by molar-refractivity contribution is -0.384. The number of hydrogen-bond donors (Lipinski definition) is 2. The van der Waals surface area contributed by atoms with Crippen LogP contribution in [0, 0.1) is 10.1 Å². The molecular weight excluding hydrogens is 466 g/mol. The highest BCUT2D eigenvalue weighted by molar-refractivity contribution is 5.96. The number of amides is 1. The number of pyridine rings is 1. The van der Waals surface area contributed by atoms with E-state index < -0.39 is 4.92 Å². The maximum Gasteiger partial charge on any atom is 0.293 e. The molecule has 0 fully saturated rings. The van der Waals surface area contributed by atoms with Gasteiger partial charge in [-0.3, -0.25) is 19.9 Å². The number of benzene rings is 2. The van der Waals surface area contributed by atoms with E-state index in [1.807, 2.05) is 19.9 Å². The first-order valence-electron chi connectivity index (χ1n) is 13.5. The predicted molar refractivity (Wildman–Crippen MR) is 150 cm³/mol. The van der Waals surface area contributed by atoms with Crippen LogP contribution in [0.3, 0.4) is 0 Å². The predicted octanol–water partition coefficient (Wildman–Crippen LogP) is 6.20. The molecule has 37 heavy (non-hydrogen) atoms. The maximum absolute atomic E-state index is 12.6. The summed E-state index contributed by atoms with van der Waals surface area (Å²) in [6, 6.07) is 13.0. The van der Waals surface area contributed by atoms with Crippen molar-refractivity contribution in [2.75, 3.05) is 36.8 Å². The van der Waals surface area contributed by atoms with Crippen LogP contribution in [0.5, 0.6) is 0 Å². The molecule has 196 valence electrons. The van der Waals surface area contributed by atoms with Crippen LogP contribution in [0.25, 0.3) is 10.9 Å². The van der Waals surface area contributed by atoms with Crippen LogP contribution in [0.2, 0.25) is 0 Å². The van der Waals surface area contributed by atoms with E-state index in [-0.39, 0.29) is 11.6 Å². The quantitative estimate of drug-likeness (QED) is 0.173. The van der Waals surface area contributed by atoms with Crippen LogP contribution >= 0.6 is 0 Å². The number of aryl methyl sites for hydroxylation is 1. The van der Waals surface area contributed by atoms with Crippen LogP contribution in [0.4, 0.5) is 17.1 Å². The SMILES string of the molecule is CCN(CC)C(=O)c1ccc(NCCCCCNc2c3c(nc4ccccc24)CCCC3)c([N+](=O)[O-])c1. The van der Waals surface area contributed by atoms with Crippen molar-refractivity contribution in [2.45, 2.75) is 58.8 Å². The third-order valence-corrected chi connectivity index (χ3v) is 7.13. The second-order valence-electron chi connectivity index (χ2n) is 9.52. The van der Waals surface area contributed by atoms with Gasteiger partial charge in [-0.1, -0.05) is 18.2 Å². The van der Waals surface area contributed by atoms with Crippen molar-refractivity contribution >= 4 is 33.9 Å². The summed E-state index contributed by atoms with van der Waals surface area (Å²) in [5, 5.41) is 19.7. The van der Waals surface area contributed by atoms with E-state index in [9.17, 15) is 14.9 Å². The monoisotopic (exact) mass is 503 g/mol. The molecule has 0 saturated carbocycles. The van der Waals surface area contributed by atoms with Crippen LogP contribution in [0.15, 0.2) is 42.5 Å². The molecule has 1 aliphatic rings. The average molecular weight is 504 g/mol. The Bertz CT molecular complexity index is 1260. The summed E-state index contributed by atoms with van der Waals surface area (Å²) in [6.45, 7) is 6.44. The molecule has 0 saturated heterocycles. The number of para-hydroxylation sites is 1. The van der Waals surface area contributed by atoms with Crippen molar-refractivity contribution in [1.82, 2.24) is 9.88 Å². The van der Waals surface area contributed by atoms with E-state index in [0.717, 1.165) is 44.2 Å². The van der Waals surface area contributed by atoms with Gasteiger partial charge in [0.2, 0.25) is 0 Å². The number of carbonyl (C=O) groups is 1. The molecule has 0 bridgehead atoms. The van der Waals surface area contributed by atoms with E-state index in [4.69, 9.17) is 4.98 Å². The van der Waals surface area contributed by atoms with Crippen molar-refractivity contribution in [3.05, 3.63) is 69.4 Å². The third-order valence-electron chi connectivity index (χ3n) is 7.13. The summed E-state index contributed by atoms with van der Waals surface area (Å²) in [4.78, 5) is 30.4. The first kappa shape index (κ1) is 26.4. The zero-order chi connectivity index (χ0) is 26.2. The molecular formula is C29H37N5O3. The summed E-state index contributed by atoms with van der Waals surface area (Å²) in [7, 11) is 0. The van der Waals surface area contributed by atoms with Gasteiger partial charge in [0.05, 0.1) is 10.4 Å². The number of rotatable bonds is 12. The molecule has 0 unspecified atom stereocenters. The highest BCUT2D eigenvalue weighted by Gasteiger charge is 2.20. The molecule has 8 nitrogen and oxygen atoms in total. The topological polar surface area (TPSA) is 100 Å². The fourth-order valence-electron chi connectivity index (χ4n) is 5.10. The van der Waals surface area contributed by atoms with Crippen molar-refractivity contribution < 1.29 is 9.72 Å². The summed E-state index contributed by atoms with van der Waals surface area (Å²) < 4.78 is 0. The molecule has 0 atom stereocenters. The number of anilines is 2. The summed E-state index contributed by atoms with van der Waals surface area (Å²) >= 11 is 0. The van der Waals surface area contributed by atoms with Gasteiger partial charge in [-0.2, -0.15) is 0 Å². The number of carbonyl (C=O) groups excluding carboxylic acids is 1. The number of hydrogen-bond acceptors (Lipinski definition) is 6. The lowest BCUT2D eigenvalue weighted by Crippen LogP contribution is -2.30. The molecule has 2 aromatic carbocycles. The lowest BCUT2D eigenvalue weighted by Gasteiger charge is -2.21. The summed E-state index contributed by atoms with van der Waals surface area (Å²) in [5.74, 6) is -0.185. The standard InChI is InChI=1S/C29H37N5O3/c1-3-33(4-2)29(35)21-16-17-26(27(20-21)34(36)37)30-18-10-5-11-19-31-28-22-12-6-8-14-24(22)32-25-15-9-7-13-23(25)28/h6,8,12,14,16-17,20,30H,3-5,7,9-11,13,15,18-19H2,1-2H3,(H,31,32). The Kier molecular flexibility index (Phi) is 8.93. The van der Waals surface area contributed by atoms with Gasteiger partial charge in [0, 0.05) is 54.6 Å². The second kappa shape index (κ2) is 12.5. The highest BCUT2D eigenvalue weighted by Crippen LogP contribution is 2.33. The minimum absolute atomic E-state index is 0.0611. The Hall–Kier alpha value is -3.68. The number of nitrogens with zero attached hydrogens (tertiary/aromatic N) is 3. The van der Waals surface area contributed by atoms with Gasteiger partial charge < -0.3 is 15.5 Å². The largest absolute Gasteiger partial charge is 0.384 e. The van der Waals surface area contributed by atoms with Gasteiger partial charge in [0.25, 0.3) is 11.6 Å². The van der Waals surface area contributed by atoms with Gasteiger partial charge in [0.1, 0.15) is 5.69 Å². The molecule has 0 aliphatic heterocycles. The fraction of sp³-hybridized carbons (Fsp3) is 0.448. The van der Waals surface area contributed by atoms with Gasteiger partial charge in [0.15, 0.2) is 0 Å². The zero-order valence-corrected chi connectivity index (χ0v) is 21.9. The average Bonchev–Trinajstić information content (AvgIpc) is 2.92. The zero-order valence-electron chi connectivity index (χ0n) is 21.9. The molecule has 3 aromatic rings. The smallest absolute Gasteiger partial charge is 0.293 e. The first-order chi connectivity index (χ1) is 18.0. The normalized spacial score (nSPS) is 12.7. The number of nitro groups is 1. The number of fused-ring (bicyclic) bond motifs is 2. The number of aromatic nitrogens is 1. The van der Waals surface area contributed by atoms with Gasteiger partial charge in [-0.05, 0) is 82.6 Å². The van der Waals surface area contributed by atoms with Crippen molar-refractivity contribution in [2.24, 2.45) is 0 Å². The molecule has 4 rings (SSSR count). The molecule has 1 amide bonds. The molecule has 0 radical (unpaired) electrons. The second-order valence-corrected chi connectivity index (χ2v) is 9.52. The number of unbranched alkanes of at least 4 members (excludes halogenated alkanes) is 2. The van der Waals surface area contributed by atoms with Gasteiger partial charge in [-0.15, -0.1) is 0 Å². The van der Waals surface area contributed by atoms with E-state index in [1.54, 1.807) is 17.0 Å². The molecule has 1 aliphatic carbocycles. The van der Waals surface area contributed by atoms with Crippen molar-refractivity contribution in [3.8, 4) is 0 Å². The molecule has 0 spiro atoms. The lowest BCUT2D eigenvalue weighted by atomic mass is 9.92. The Labute approximate surface area is 218 Å².